The zero-order chi connectivity index (χ0) is 23.7. The number of nitrogens with zero attached hydrogens (tertiary/aromatic N) is 4. The number of epoxide rings is 3. The number of hydrogen-bond acceptors (Lipinski definition) is 7. The van der Waals surface area contributed by atoms with E-state index in [1.165, 1.54) is 9.80 Å². The normalized spacial score (nSPS) is 32.8. The van der Waals surface area contributed by atoms with Crippen LogP contribution in [-0.4, -0.2) is 119 Å². The molecule has 182 valence electrons. The predicted octanol–water partition coefficient (Wildman–Crippen LogP) is 0.275. The Morgan fingerprint density at radius 3 is 1.42 bits per heavy atom. The number of carbonyl (C=O) groups is 4. The number of amides is 6. The second-order valence-corrected chi connectivity index (χ2v) is 10.7. The molecule has 0 spiro atoms. The first-order valence-electron chi connectivity index (χ1n) is 11.6. The molecular formula is C22H32N4O7. The molecule has 6 amide bonds. The Kier molecular flexibility index (Phi) is 5.22. The second kappa shape index (κ2) is 7.64. The van der Waals surface area contributed by atoms with E-state index in [9.17, 15) is 19.2 Å². The van der Waals surface area contributed by atoms with Gasteiger partial charge in [-0.15, -0.1) is 0 Å². The van der Waals surface area contributed by atoms with Crippen molar-refractivity contribution in [1.29, 1.82) is 0 Å². The SMILES string of the molecule is CC1(C)C(=O)N(CC(CC2CO2)CN2C(=O)N(CC3CO3)C(C)(C)C2=O)C(=O)N1CC1CO1. The molecule has 11 nitrogen and oxygen atoms in total. The molecule has 5 heterocycles. The van der Waals surface area contributed by atoms with E-state index in [1.807, 2.05) is 0 Å². The number of ether oxygens (including phenoxy) is 3. The summed E-state index contributed by atoms with van der Waals surface area (Å²) in [6, 6.07) is -0.705. The van der Waals surface area contributed by atoms with Crippen molar-refractivity contribution in [3.05, 3.63) is 0 Å². The van der Waals surface area contributed by atoms with E-state index in [2.05, 4.69) is 0 Å². The lowest BCUT2D eigenvalue weighted by molar-refractivity contribution is -0.133. The second-order valence-electron chi connectivity index (χ2n) is 10.7. The van der Waals surface area contributed by atoms with E-state index in [0.29, 0.717) is 39.3 Å². The first-order chi connectivity index (χ1) is 15.5. The Labute approximate surface area is 192 Å². The quantitative estimate of drug-likeness (QED) is 0.336. The number of carbonyl (C=O) groups excluding carboxylic acids is 4. The molecule has 33 heavy (non-hydrogen) atoms. The predicted molar refractivity (Wildman–Crippen MR) is 113 cm³/mol. The Morgan fingerprint density at radius 1 is 0.727 bits per heavy atom. The van der Waals surface area contributed by atoms with E-state index in [1.54, 1.807) is 37.5 Å². The maximum absolute atomic E-state index is 13.2. The van der Waals surface area contributed by atoms with Crippen molar-refractivity contribution in [2.75, 3.05) is 46.0 Å². The van der Waals surface area contributed by atoms with Crippen LogP contribution in [-0.2, 0) is 23.8 Å². The highest BCUT2D eigenvalue weighted by atomic mass is 16.6. The number of hydrogen-bond donors (Lipinski definition) is 0. The van der Waals surface area contributed by atoms with Crippen molar-refractivity contribution in [3.8, 4) is 0 Å². The molecule has 0 radical (unpaired) electrons. The minimum absolute atomic E-state index is 0.0172. The van der Waals surface area contributed by atoms with Crippen LogP contribution in [0.1, 0.15) is 34.1 Å². The molecule has 5 rings (SSSR count). The summed E-state index contributed by atoms with van der Waals surface area (Å²) in [5.74, 6) is -0.831. The van der Waals surface area contributed by atoms with Gasteiger partial charge in [0.15, 0.2) is 0 Å². The number of imide groups is 2. The lowest BCUT2D eigenvalue weighted by atomic mass is 9.99. The van der Waals surface area contributed by atoms with Gasteiger partial charge in [-0.25, -0.2) is 9.59 Å². The molecule has 0 aromatic rings. The monoisotopic (exact) mass is 464 g/mol. The van der Waals surface area contributed by atoms with Crippen LogP contribution in [0.15, 0.2) is 0 Å². The Morgan fingerprint density at radius 2 is 1.09 bits per heavy atom. The molecule has 0 bridgehead atoms. The van der Waals surface area contributed by atoms with Crippen molar-refractivity contribution in [2.24, 2.45) is 5.92 Å². The van der Waals surface area contributed by atoms with Gasteiger partial charge in [-0.1, -0.05) is 0 Å². The summed E-state index contributed by atoms with van der Waals surface area (Å²) in [6.45, 7) is 9.75. The fourth-order valence-electron chi connectivity index (χ4n) is 4.82. The van der Waals surface area contributed by atoms with Gasteiger partial charge in [-0.05, 0) is 40.0 Å². The number of rotatable bonds is 10. The molecule has 5 fully saturated rings. The highest BCUT2D eigenvalue weighted by Gasteiger charge is 2.55. The molecule has 0 aliphatic carbocycles. The van der Waals surface area contributed by atoms with E-state index in [-0.39, 0.29) is 61.2 Å². The summed E-state index contributed by atoms with van der Waals surface area (Å²) >= 11 is 0. The third kappa shape index (κ3) is 4.10. The standard InChI is InChI=1S/C22H32N4O7/c1-21(2)17(27)23(19(29)25(21)8-15-11-32-15)6-13(5-14-10-31-14)7-24-18(28)22(3,4)26(20(24)30)9-16-12-33-16/h13-16H,5-12H2,1-4H3. The highest BCUT2D eigenvalue weighted by Crippen LogP contribution is 2.34. The fourth-order valence-corrected chi connectivity index (χ4v) is 4.82. The van der Waals surface area contributed by atoms with E-state index >= 15 is 0 Å². The van der Waals surface area contributed by atoms with Crippen LogP contribution in [0, 0.1) is 5.92 Å². The van der Waals surface area contributed by atoms with Crippen molar-refractivity contribution >= 4 is 23.9 Å². The van der Waals surface area contributed by atoms with Gasteiger partial charge in [0.25, 0.3) is 11.8 Å². The summed E-state index contributed by atoms with van der Waals surface area (Å²) in [4.78, 5) is 58.3. The summed E-state index contributed by atoms with van der Waals surface area (Å²) in [6.07, 6.45) is 0.524. The van der Waals surface area contributed by atoms with Crippen LogP contribution >= 0.6 is 0 Å². The van der Waals surface area contributed by atoms with Crippen LogP contribution in [0.4, 0.5) is 9.59 Å². The lowest BCUT2D eigenvalue weighted by Crippen LogP contribution is -2.46. The van der Waals surface area contributed by atoms with Crippen LogP contribution in [0.25, 0.3) is 0 Å². The van der Waals surface area contributed by atoms with E-state index in [0.717, 1.165) is 0 Å². The molecule has 0 aromatic heterocycles. The Bertz CT molecular complexity index is 814. The third-order valence-electron chi connectivity index (χ3n) is 7.27. The molecule has 3 atom stereocenters. The zero-order valence-electron chi connectivity index (χ0n) is 19.6. The molecule has 0 aromatic carbocycles. The third-order valence-corrected chi connectivity index (χ3v) is 7.27. The van der Waals surface area contributed by atoms with Crippen molar-refractivity contribution in [2.45, 2.75) is 63.5 Å². The van der Waals surface area contributed by atoms with Crippen molar-refractivity contribution < 1.29 is 33.4 Å². The van der Waals surface area contributed by atoms with E-state index in [4.69, 9.17) is 14.2 Å². The highest BCUT2D eigenvalue weighted by molar-refractivity contribution is 6.07. The summed E-state index contributed by atoms with van der Waals surface area (Å²) in [5, 5.41) is 0. The van der Waals surface area contributed by atoms with Crippen LogP contribution < -0.4 is 0 Å². The summed E-state index contributed by atoms with van der Waals surface area (Å²) < 4.78 is 15.9. The van der Waals surface area contributed by atoms with Gasteiger partial charge in [-0.3, -0.25) is 19.4 Å². The molecule has 5 saturated heterocycles. The molecule has 3 unspecified atom stereocenters. The van der Waals surface area contributed by atoms with E-state index < -0.39 is 11.1 Å². The van der Waals surface area contributed by atoms with Gasteiger partial charge in [0, 0.05) is 13.1 Å². The maximum Gasteiger partial charge on any atom is 0.327 e. The van der Waals surface area contributed by atoms with Gasteiger partial charge >= 0.3 is 12.1 Å². The van der Waals surface area contributed by atoms with Crippen LogP contribution in [0.5, 0.6) is 0 Å². The smallest absolute Gasteiger partial charge is 0.327 e. The first-order valence-corrected chi connectivity index (χ1v) is 11.6. The molecule has 5 aliphatic heterocycles. The average molecular weight is 465 g/mol. The van der Waals surface area contributed by atoms with Crippen LogP contribution in [0.3, 0.4) is 0 Å². The molecule has 5 aliphatic rings. The largest absolute Gasteiger partial charge is 0.373 e. The van der Waals surface area contributed by atoms with Crippen LogP contribution in [0.2, 0.25) is 0 Å². The molecular weight excluding hydrogens is 432 g/mol. The molecule has 11 heteroatoms. The average Bonchev–Trinajstić information content (AvgIpc) is 3.60. The topological polar surface area (TPSA) is 119 Å². The van der Waals surface area contributed by atoms with Crippen molar-refractivity contribution in [1.82, 2.24) is 19.6 Å². The van der Waals surface area contributed by atoms with Crippen molar-refractivity contribution in [3.63, 3.8) is 0 Å². The van der Waals surface area contributed by atoms with Gasteiger partial charge in [-0.2, -0.15) is 0 Å². The van der Waals surface area contributed by atoms with Gasteiger partial charge in [0.1, 0.15) is 11.1 Å². The maximum atomic E-state index is 13.2. The fraction of sp³-hybridized carbons (Fsp3) is 0.818. The van der Waals surface area contributed by atoms with Gasteiger partial charge in [0.05, 0.1) is 51.2 Å². The number of urea groups is 2. The zero-order valence-corrected chi connectivity index (χ0v) is 19.6. The molecule has 0 N–H and O–H groups in total. The minimum atomic E-state index is -0.966. The minimum Gasteiger partial charge on any atom is -0.373 e. The Hall–Kier alpha value is -2.24. The summed E-state index contributed by atoms with van der Waals surface area (Å²) in [7, 11) is 0. The van der Waals surface area contributed by atoms with Gasteiger partial charge in [0.2, 0.25) is 0 Å². The lowest BCUT2D eigenvalue weighted by Gasteiger charge is -2.26. The van der Waals surface area contributed by atoms with Gasteiger partial charge < -0.3 is 24.0 Å². The molecule has 0 saturated carbocycles. The summed E-state index contributed by atoms with van der Waals surface area (Å²) in [5.41, 5.74) is -1.93. The Balaban J connectivity index is 1.32. The first kappa shape index (κ1) is 22.5.